The molecule has 1 N–H and O–H groups in total. The number of Topliss-reactive ketones (excluding diaryl/α,β-unsaturated/α-hetero) is 1. The highest BCUT2D eigenvalue weighted by Crippen LogP contribution is 2.27. The third-order valence-electron chi connectivity index (χ3n) is 5.43. The molecule has 0 aliphatic rings. The Morgan fingerprint density at radius 3 is 2.38 bits per heavy atom. The highest BCUT2D eigenvalue weighted by molar-refractivity contribution is 5.94. The molecule has 0 saturated heterocycles. The van der Waals surface area contributed by atoms with Crippen LogP contribution in [0.1, 0.15) is 39.8 Å². The predicted octanol–water partition coefficient (Wildman–Crippen LogP) is 5.06. The lowest BCUT2D eigenvalue weighted by atomic mass is 10.0. The lowest BCUT2D eigenvalue weighted by Crippen LogP contribution is -2.06. The van der Waals surface area contributed by atoms with Gasteiger partial charge in [0.25, 0.3) is 0 Å². The Morgan fingerprint density at radius 2 is 1.69 bits per heavy atom. The zero-order valence-electron chi connectivity index (χ0n) is 16.9. The van der Waals surface area contributed by atoms with Crippen molar-refractivity contribution in [1.82, 2.24) is 9.55 Å². The van der Waals surface area contributed by atoms with Crippen molar-refractivity contribution in [3.63, 3.8) is 0 Å². The second kappa shape index (κ2) is 7.64. The van der Waals surface area contributed by atoms with E-state index in [4.69, 9.17) is 0 Å². The summed E-state index contributed by atoms with van der Waals surface area (Å²) < 4.78 is 2.09. The van der Waals surface area contributed by atoms with Crippen LogP contribution in [-0.4, -0.2) is 20.4 Å². The van der Waals surface area contributed by atoms with Crippen molar-refractivity contribution < 1.29 is 9.90 Å². The van der Waals surface area contributed by atoms with Crippen LogP contribution in [0.5, 0.6) is 0 Å². The number of nitrogens with zero attached hydrogens (tertiary/aromatic N) is 2. The molecule has 0 bridgehead atoms. The van der Waals surface area contributed by atoms with Crippen LogP contribution in [0.3, 0.4) is 0 Å². The Hall–Kier alpha value is -3.24. The Morgan fingerprint density at radius 1 is 0.966 bits per heavy atom. The molecule has 0 aliphatic carbocycles. The summed E-state index contributed by atoms with van der Waals surface area (Å²) >= 11 is 0. The van der Waals surface area contributed by atoms with Gasteiger partial charge in [0.1, 0.15) is 12.4 Å². The molecule has 0 atom stereocenters. The fourth-order valence-electron chi connectivity index (χ4n) is 3.69. The molecule has 0 amide bonds. The molecule has 4 heteroatoms. The summed E-state index contributed by atoms with van der Waals surface area (Å²) in [5.41, 5.74) is 8.31. The van der Waals surface area contributed by atoms with Crippen molar-refractivity contribution >= 4 is 16.8 Å². The Labute approximate surface area is 170 Å². The average molecular weight is 384 g/mol. The molecule has 29 heavy (non-hydrogen) atoms. The van der Waals surface area contributed by atoms with Gasteiger partial charge in [-0.1, -0.05) is 54.1 Å². The second-order valence-electron chi connectivity index (χ2n) is 7.54. The van der Waals surface area contributed by atoms with E-state index in [1.165, 1.54) is 16.7 Å². The summed E-state index contributed by atoms with van der Waals surface area (Å²) in [5, 5.41) is 9.87. The van der Waals surface area contributed by atoms with Gasteiger partial charge < -0.3 is 9.67 Å². The van der Waals surface area contributed by atoms with Gasteiger partial charge in [0.15, 0.2) is 5.78 Å². The minimum Gasteiger partial charge on any atom is -0.388 e. The van der Waals surface area contributed by atoms with Crippen molar-refractivity contribution in [3.05, 3.63) is 88.7 Å². The van der Waals surface area contributed by atoms with Crippen molar-refractivity contribution in [1.29, 1.82) is 0 Å². The van der Waals surface area contributed by atoms with Crippen LogP contribution in [0.15, 0.2) is 60.7 Å². The highest BCUT2D eigenvalue weighted by Gasteiger charge is 2.13. The van der Waals surface area contributed by atoms with E-state index in [1.54, 1.807) is 6.92 Å². The Balaban J connectivity index is 1.80. The average Bonchev–Trinajstić information content (AvgIpc) is 3.07. The van der Waals surface area contributed by atoms with Gasteiger partial charge in [-0.05, 0) is 55.2 Å². The molecule has 4 aromatic rings. The van der Waals surface area contributed by atoms with E-state index < -0.39 is 0 Å². The maximum atomic E-state index is 11.5. The molecule has 0 fully saturated rings. The van der Waals surface area contributed by atoms with E-state index in [2.05, 4.69) is 47.7 Å². The van der Waals surface area contributed by atoms with Crippen LogP contribution in [-0.2, 0) is 13.2 Å². The Kier molecular flexibility index (Phi) is 5.03. The van der Waals surface area contributed by atoms with E-state index in [0.717, 1.165) is 22.2 Å². The van der Waals surface area contributed by atoms with Gasteiger partial charge in [-0.2, -0.15) is 0 Å². The molecule has 146 valence electrons. The zero-order chi connectivity index (χ0) is 20.5. The smallest absolute Gasteiger partial charge is 0.159 e. The van der Waals surface area contributed by atoms with Gasteiger partial charge in [-0.3, -0.25) is 4.79 Å². The van der Waals surface area contributed by atoms with Crippen LogP contribution in [0.25, 0.3) is 22.2 Å². The molecule has 0 saturated carbocycles. The number of benzene rings is 3. The number of aliphatic hydroxyl groups excluding tert-OH is 1. The van der Waals surface area contributed by atoms with E-state index >= 15 is 0 Å². The minimum absolute atomic E-state index is 0.0613. The first-order chi connectivity index (χ1) is 14.0. The number of aliphatic hydroxyl groups is 1. The van der Waals surface area contributed by atoms with E-state index in [1.807, 2.05) is 36.4 Å². The fraction of sp³-hybridized carbons (Fsp3) is 0.200. The molecule has 0 radical (unpaired) electrons. The first kappa shape index (κ1) is 19.1. The maximum absolute atomic E-state index is 11.5. The van der Waals surface area contributed by atoms with E-state index in [9.17, 15) is 9.90 Å². The molecular weight excluding hydrogens is 360 g/mol. The minimum atomic E-state index is -0.109. The van der Waals surface area contributed by atoms with Gasteiger partial charge in [0, 0.05) is 12.1 Å². The Bertz CT molecular complexity index is 1200. The summed E-state index contributed by atoms with van der Waals surface area (Å²) in [6.45, 7) is 6.32. The number of hydrogen-bond acceptors (Lipinski definition) is 3. The van der Waals surface area contributed by atoms with Crippen LogP contribution in [0, 0.1) is 13.8 Å². The van der Waals surface area contributed by atoms with Gasteiger partial charge in [0.05, 0.1) is 11.0 Å². The standard InChI is InChI=1S/C25H24N2O2/c1-16-4-5-17(2)22(12-16)14-27-24-13-21(10-11-23(24)26-25(27)15-28)20-8-6-19(7-9-20)18(3)29/h4-13,28H,14-15H2,1-3H3. The van der Waals surface area contributed by atoms with Crippen LogP contribution in [0.2, 0.25) is 0 Å². The fourth-order valence-corrected chi connectivity index (χ4v) is 3.69. The lowest BCUT2D eigenvalue weighted by Gasteiger charge is -2.12. The number of fused-ring (bicyclic) bond motifs is 1. The maximum Gasteiger partial charge on any atom is 0.159 e. The molecule has 4 rings (SSSR count). The third kappa shape index (κ3) is 3.71. The van der Waals surface area contributed by atoms with Crippen LogP contribution >= 0.6 is 0 Å². The topological polar surface area (TPSA) is 55.1 Å². The second-order valence-corrected chi connectivity index (χ2v) is 7.54. The molecule has 4 nitrogen and oxygen atoms in total. The monoisotopic (exact) mass is 384 g/mol. The van der Waals surface area contributed by atoms with Crippen LogP contribution < -0.4 is 0 Å². The summed E-state index contributed by atoms with van der Waals surface area (Å²) in [5.74, 6) is 0.719. The number of hydrogen-bond donors (Lipinski definition) is 1. The molecule has 1 aromatic heterocycles. The first-order valence-corrected chi connectivity index (χ1v) is 9.74. The summed E-state index contributed by atoms with van der Waals surface area (Å²) in [4.78, 5) is 16.2. The van der Waals surface area contributed by atoms with Crippen molar-refractivity contribution in [3.8, 4) is 11.1 Å². The molecule has 1 heterocycles. The van der Waals surface area contributed by atoms with Crippen molar-refractivity contribution in [2.45, 2.75) is 33.9 Å². The first-order valence-electron chi connectivity index (χ1n) is 9.74. The predicted molar refractivity (Wildman–Crippen MR) is 116 cm³/mol. The molecule has 0 spiro atoms. The third-order valence-corrected chi connectivity index (χ3v) is 5.43. The van der Waals surface area contributed by atoms with Gasteiger partial charge in [0.2, 0.25) is 0 Å². The zero-order valence-corrected chi connectivity index (χ0v) is 16.9. The highest BCUT2D eigenvalue weighted by atomic mass is 16.3. The van der Waals surface area contributed by atoms with Gasteiger partial charge in [-0.25, -0.2) is 4.98 Å². The summed E-state index contributed by atoms with van der Waals surface area (Å²) in [6, 6.07) is 20.2. The number of carbonyl (C=O) groups is 1. The van der Waals surface area contributed by atoms with Gasteiger partial charge in [-0.15, -0.1) is 0 Å². The lowest BCUT2D eigenvalue weighted by molar-refractivity contribution is 0.101. The number of carbonyl (C=O) groups excluding carboxylic acids is 1. The number of aryl methyl sites for hydroxylation is 2. The van der Waals surface area contributed by atoms with Crippen molar-refractivity contribution in [2.24, 2.45) is 0 Å². The summed E-state index contributed by atoms with van der Waals surface area (Å²) in [7, 11) is 0. The number of aromatic nitrogens is 2. The molecule has 3 aromatic carbocycles. The van der Waals surface area contributed by atoms with Crippen LogP contribution in [0.4, 0.5) is 0 Å². The number of rotatable bonds is 5. The largest absolute Gasteiger partial charge is 0.388 e. The molecule has 0 unspecified atom stereocenters. The normalized spacial score (nSPS) is 11.2. The molecular formula is C25H24N2O2. The SMILES string of the molecule is CC(=O)c1ccc(-c2ccc3nc(CO)n(Cc4cc(C)ccc4C)c3c2)cc1. The number of ketones is 1. The molecule has 0 aliphatic heterocycles. The quantitative estimate of drug-likeness (QED) is 0.489. The summed E-state index contributed by atoms with van der Waals surface area (Å²) in [6.07, 6.45) is 0. The van der Waals surface area contributed by atoms with Crippen molar-refractivity contribution in [2.75, 3.05) is 0 Å². The van der Waals surface area contributed by atoms with Gasteiger partial charge >= 0.3 is 0 Å². The number of imidazole rings is 1. The van der Waals surface area contributed by atoms with E-state index in [0.29, 0.717) is 17.9 Å². The van der Waals surface area contributed by atoms with E-state index in [-0.39, 0.29) is 12.4 Å².